The lowest BCUT2D eigenvalue weighted by Crippen LogP contribution is -2.35. The van der Waals surface area contributed by atoms with Crippen molar-refractivity contribution >= 4 is 0 Å². The summed E-state index contributed by atoms with van der Waals surface area (Å²) in [6, 6.07) is 0. The fourth-order valence-corrected chi connectivity index (χ4v) is 2.01. The van der Waals surface area contributed by atoms with Gasteiger partial charge < -0.3 is 9.64 Å². The zero-order valence-corrected chi connectivity index (χ0v) is 11.5. The number of likely N-dealkylation sites (N-methyl/N-ethyl adjacent to an activating group) is 1. The molecule has 1 saturated heterocycles. The first-order chi connectivity index (χ1) is 6.97. The molecule has 0 radical (unpaired) electrons. The lowest BCUT2D eigenvalue weighted by atomic mass is 9.96. The second kappa shape index (κ2) is 7.24. The van der Waals surface area contributed by atoms with Gasteiger partial charge in [0.1, 0.15) is 0 Å². The molecule has 1 aliphatic heterocycles. The van der Waals surface area contributed by atoms with Gasteiger partial charge in [-0.05, 0) is 25.3 Å². The molecule has 2 nitrogen and oxygen atoms in total. The van der Waals surface area contributed by atoms with Crippen LogP contribution in [-0.2, 0) is 4.74 Å². The number of nitrogens with zero attached hydrogens (tertiary/aromatic N) is 1. The van der Waals surface area contributed by atoms with Crippen molar-refractivity contribution in [2.45, 2.75) is 53.6 Å². The third-order valence-corrected chi connectivity index (χ3v) is 2.28. The van der Waals surface area contributed by atoms with E-state index in [2.05, 4.69) is 32.7 Å². The van der Waals surface area contributed by atoms with E-state index in [1.54, 1.807) is 0 Å². The molecule has 0 spiro atoms. The average Bonchev–Trinajstić information content (AvgIpc) is 2.57. The monoisotopic (exact) mass is 215 g/mol. The van der Waals surface area contributed by atoms with Crippen LogP contribution >= 0.6 is 0 Å². The molecular weight excluding hydrogens is 186 g/mol. The minimum absolute atomic E-state index is 0.396. The van der Waals surface area contributed by atoms with E-state index < -0.39 is 0 Å². The molecule has 1 fully saturated rings. The summed E-state index contributed by atoms with van der Waals surface area (Å²) < 4.78 is 5.60. The Morgan fingerprint density at radius 1 is 1.27 bits per heavy atom. The molecule has 2 heteroatoms. The third-order valence-electron chi connectivity index (χ3n) is 2.28. The number of hydrogen-bond acceptors (Lipinski definition) is 2. The average molecular weight is 215 g/mol. The Balaban J connectivity index is 0.000000921. The van der Waals surface area contributed by atoms with E-state index in [0.29, 0.717) is 11.5 Å². The minimum atomic E-state index is 0.396. The predicted molar refractivity (Wildman–Crippen MR) is 67.3 cm³/mol. The molecule has 0 aromatic rings. The second-order valence-electron chi connectivity index (χ2n) is 5.39. The Morgan fingerprint density at radius 2 is 1.87 bits per heavy atom. The normalized spacial score (nSPS) is 21.4. The van der Waals surface area contributed by atoms with Crippen molar-refractivity contribution in [2.75, 3.05) is 26.7 Å². The van der Waals surface area contributed by atoms with Crippen LogP contribution in [0.2, 0.25) is 0 Å². The molecule has 0 aliphatic carbocycles. The molecule has 0 amide bonds. The van der Waals surface area contributed by atoms with Gasteiger partial charge in [0, 0.05) is 19.7 Å². The number of hydrogen-bond donors (Lipinski definition) is 0. The minimum Gasteiger partial charge on any atom is -0.377 e. The molecule has 1 rings (SSSR count). The van der Waals surface area contributed by atoms with Gasteiger partial charge in [-0.15, -0.1) is 0 Å². The van der Waals surface area contributed by atoms with Crippen molar-refractivity contribution in [1.82, 2.24) is 4.90 Å². The summed E-state index contributed by atoms with van der Waals surface area (Å²) in [5.74, 6) is 0. The summed E-state index contributed by atoms with van der Waals surface area (Å²) in [6.07, 6.45) is 2.98. The maximum atomic E-state index is 5.60. The first-order valence-corrected chi connectivity index (χ1v) is 6.27. The van der Waals surface area contributed by atoms with Gasteiger partial charge in [0.05, 0.1) is 6.10 Å². The molecule has 1 unspecified atom stereocenters. The van der Waals surface area contributed by atoms with E-state index >= 15 is 0 Å². The van der Waals surface area contributed by atoms with Crippen molar-refractivity contribution in [3.05, 3.63) is 0 Å². The van der Waals surface area contributed by atoms with Gasteiger partial charge in [-0.25, -0.2) is 0 Å². The fraction of sp³-hybridized carbons (Fsp3) is 1.00. The van der Waals surface area contributed by atoms with Crippen molar-refractivity contribution < 1.29 is 4.74 Å². The zero-order chi connectivity index (χ0) is 11.9. The highest BCUT2D eigenvalue weighted by molar-refractivity contribution is 4.72. The van der Waals surface area contributed by atoms with E-state index in [9.17, 15) is 0 Å². The number of ether oxygens (including phenoxy) is 1. The van der Waals surface area contributed by atoms with Crippen LogP contribution in [0.1, 0.15) is 47.5 Å². The van der Waals surface area contributed by atoms with E-state index in [1.807, 2.05) is 13.8 Å². The first kappa shape index (κ1) is 14.9. The van der Waals surface area contributed by atoms with Gasteiger partial charge in [-0.2, -0.15) is 0 Å². The second-order valence-corrected chi connectivity index (χ2v) is 5.39. The summed E-state index contributed by atoms with van der Waals surface area (Å²) >= 11 is 0. The molecule has 92 valence electrons. The Bertz CT molecular complexity index is 145. The smallest absolute Gasteiger partial charge is 0.0702 e. The molecule has 0 aromatic heterocycles. The molecule has 0 aromatic carbocycles. The van der Waals surface area contributed by atoms with Crippen LogP contribution in [0.3, 0.4) is 0 Å². The highest BCUT2D eigenvalue weighted by Gasteiger charge is 2.20. The molecular formula is C13H29NO. The first-order valence-electron chi connectivity index (χ1n) is 6.27. The summed E-state index contributed by atoms with van der Waals surface area (Å²) in [6.45, 7) is 14.0. The van der Waals surface area contributed by atoms with Crippen LogP contribution in [0.15, 0.2) is 0 Å². The van der Waals surface area contributed by atoms with Gasteiger partial charge in [0.2, 0.25) is 0 Å². The predicted octanol–water partition coefficient (Wildman–Crippen LogP) is 3.17. The van der Waals surface area contributed by atoms with E-state index in [0.717, 1.165) is 19.7 Å². The largest absolute Gasteiger partial charge is 0.377 e. The van der Waals surface area contributed by atoms with Crippen LogP contribution < -0.4 is 0 Å². The lowest BCUT2D eigenvalue weighted by Gasteiger charge is -2.28. The molecule has 1 aliphatic rings. The van der Waals surface area contributed by atoms with Crippen LogP contribution in [-0.4, -0.2) is 37.7 Å². The number of rotatable bonds is 3. The van der Waals surface area contributed by atoms with E-state index in [-0.39, 0.29) is 0 Å². The van der Waals surface area contributed by atoms with Crippen molar-refractivity contribution in [1.29, 1.82) is 0 Å². The van der Waals surface area contributed by atoms with Crippen molar-refractivity contribution in [3.8, 4) is 0 Å². The SMILES string of the molecule is CC.CN(CC1CCCO1)CC(C)(C)C. The zero-order valence-electron chi connectivity index (χ0n) is 11.5. The van der Waals surface area contributed by atoms with E-state index in [1.165, 1.54) is 12.8 Å². The summed E-state index contributed by atoms with van der Waals surface area (Å²) in [5, 5.41) is 0. The quantitative estimate of drug-likeness (QED) is 0.717. The highest BCUT2D eigenvalue weighted by atomic mass is 16.5. The Labute approximate surface area is 96.0 Å². The topological polar surface area (TPSA) is 12.5 Å². The molecule has 0 bridgehead atoms. The van der Waals surface area contributed by atoms with Crippen LogP contribution in [0.4, 0.5) is 0 Å². The van der Waals surface area contributed by atoms with Gasteiger partial charge in [0.25, 0.3) is 0 Å². The maximum absolute atomic E-state index is 5.60. The standard InChI is InChI=1S/C11H23NO.C2H6/c1-11(2,3)9-12(4)8-10-6-5-7-13-10;1-2/h10H,5-9H2,1-4H3;1-2H3. The Hall–Kier alpha value is -0.0800. The Morgan fingerprint density at radius 3 is 2.27 bits per heavy atom. The van der Waals surface area contributed by atoms with Gasteiger partial charge in [0.15, 0.2) is 0 Å². The molecule has 1 heterocycles. The molecule has 0 saturated carbocycles. The van der Waals surface area contributed by atoms with Crippen LogP contribution in [0, 0.1) is 5.41 Å². The van der Waals surface area contributed by atoms with Gasteiger partial charge in [-0.1, -0.05) is 34.6 Å². The molecule has 1 atom stereocenters. The summed E-state index contributed by atoms with van der Waals surface area (Å²) in [5.41, 5.74) is 0.396. The third kappa shape index (κ3) is 7.80. The van der Waals surface area contributed by atoms with Crippen molar-refractivity contribution in [3.63, 3.8) is 0 Å². The lowest BCUT2D eigenvalue weighted by molar-refractivity contribution is 0.0716. The van der Waals surface area contributed by atoms with Crippen LogP contribution in [0.5, 0.6) is 0 Å². The van der Waals surface area contributed by atoms with Crippen LogP contribution in [0.25, 0.3) is 0 Å². The summed E-state index contributed by atoms with van der Waals surface area (Å²) in [4.78, 5) is 2.38. The van der Waals surface area contributed by atoms with Crippen molar-refractivity contribution in [2.24, 2.45) is 5.41 Å². The van der Waals surface area contributed by atoms with Gasteiger partial charge in [-0.3, -0.25) is 0 Å². The maximum Gasteiger partial charge on any atom is 0.0702 e. The Kier molecular flexibility index (Phi) is 7.20. The van der Waals surface area contributed by atoms with Gasteiger partial charge >= 0.3 is 0 Å². The summed E-state index contributed by atoms with van der Waals surface area (Å²) in [7, 11) is 2.19. The highest BCUT2D eigenvalue weighted by Crippen LogP contribution is 2.17. The van der Waals surface area contributed by atoms with E-state index in [4.69, 9.17) is 4.74 Å². The molecule has 0 N–H and O–H groups in total. The fourth-order valence-electron chi connectivity index (χ4n) is 2.01. The molecule has 15 heavy (non-hydrogen) atoms.